The molecule has 3 heterocycles. The molecule has 0 N–H and O–H groups in total. The Kier molecular flexibility index (Phi) is 4.26. The van der Waals surface area contributed by atoms with Crippen molar-refractivity contribution < 1.29 is 9.59 Å². The van der Waals surface area contributed by atoms with Crippen LogP contribution in [0, 0.1) is 5.92 Å². The van der Waals surface area contributed by atoms with E-state index in [2.05, 4.69) is 11.1 Å². The molecular formula is C20H24N4O2. The summed E-state index contributed by atoms with van der Waals surface area (Å²) in [4.78, 5) is 34.2. The fourth-order valence-electron chi connectivity index (χ4n) is 4.33. The average Bonchev–Trinajstić information content (AvgIpc) is 3.27. The summed E-state index contributed by atoms with van der Waals surface area (Å²) in [6.45, 7) is 3.25. The third kappa shape index (κ3) is 2.60. The minimum Gasteiger partial charge on any atom is -0.336 e. The zero-order valence-electron chi connectivity index (χ0n) is 15.3. The lowest BCUT2D eigenvalue weighted by Gasteiger charge is -2.40. The summed E-state index contributed by atoms with van der Waals surface area (Å²) in [5, 5.41) is 0. The molecule has 1 fully saturated rings. The van der Waals surface area contributed by atoms with Crippen molar-refractivity contribution in [2.24, 2.45) is 13.0 Å². The van der Waals surface area contributed by atoms with Crippen LogP contribution in [0.15, 0.2) is 36.7 Å². The number of para-hydroxylation sites is 1. The number of imidazole rings is 1. The van der Waals surface area contributed by atoms with Crippen LogP contribution in [0.25, 0.3) is 0 Å². The van der Waals surface area contributed by atoms with Crippen molar-refractivity contribution in [2.75, 3.05) is 18.0 Å². The number of amides is 2. The molecule has 0 radical (unpaired) electrons. The number of likely N-dealkylation sites (tertiary alicyclic amines) is 1. The first kappa shape index (κ1) is 16.8. The number of carbonyl (C=O) groups is 2. The first-order valence-corrected chi connectivity index (χ1v) is 9.27. The second-order valence-electron chi connectivity index (χ2n) is 7.03. The van der Waals surface area contributed by atoms with Gasteiger partial charge in [-0.1, -0.05) is 18.2 Å². The minimum absolute atomic E-state index is 0.103. The van der Waals surface area contributed by atoms with Crippen LogP contribution in [0.2, 0.25) is 0 Å². The van der Waals surface area contributed by atoms with Crippen molar-refractivity contribution in [3.63, 3.8) is 0 Å². The third-order valence-corrected chi connectivity index (χ3v) is 5.64. The summed E-state index contributed by atoms with van der Waals surface area (Å²) in [6, 6.07) is 7.79. The molecule has 0 bridgehead atoms. The average molecular weight is 352 g/mol. The summed E-state index contributed by atoms with van der Waals surface area (Å²) in [7, 11) is 1.92. The van der Waals surface area contributed by atoms with Crippen molar-refractivity contribution in [2.45, 2.75) is 32.2 Å². The lowest BCUT2D eigenvalue weighted by Crippen LogP contribution is -2.49. The van der Waals surface area contributed by atoms with Crippen molar-refractivity contribution in [1.29, 1.82) is 0 Å². The maximum absolute atomic E-state index is 13.5. The van der Waals surface area contributed by atoms with E-state index >= 15 is 0 Å². The van der Waals surface area contributed by atoms with E-state index < -0.39 is 0 Å². The molecule has 0 aliphatic carbocycles. The van der Waals surface area contributed by atoms with Gasteiger partial charge >= 0.3 is 0 Å². The molecule has 2 aliphatic heterocycles. The third-order valence-electron chi connectivity index (χ3n) is 5.64. The second-order valence-corrected chi connectivity index (χ2v) is 7.03. The number of anilines is 1. The molecule has 2 amide bonds. The first-order valence-electron chi connectivity index (χ1n) is 9.27. The summed E-state index contributed by atoms with van der Waals surface area (Å²) in [6.07, 6.45) is 5.48. The molecule has 0 saturated carbocycles. The molecule has 136 valence electrons. The number of nitrogens with zero attached hydrogens (tertiary/aromatic N) is 4. The molecule has 4 rings (SSSR count). The monoisotopic (exact) mass is 352 g/mol. The highest BCUT2D eigenvalue weighted by Gasteiger charge is 2.44. The topological polar surface area (TPSA) is 58.4 Å². The summed E-state index contributed by atoms with van der Waals surface area (Å²) in [5.41, 5.74) is 2.23. The smallest absolute Gasteiger partial charge is 0.232 e. The number of rotatable bonds is 3. The molecule has 2 atom stereocenters. The molecule has 1 saturated heterocycles. The number of hydrogen-bond donors (Lipinski definition) is 0. The van der Waals surface area contributed by atoms with Crippen molar-refractivity contribution >= 4 is 17.5 Å². The van der Waals surface area contributed by atoms with Crippen LogP contribution in [0.3, 0.4) is 0 Å². The number of fused-ring (bicyclic) bond motifs is 1. The van der Waals surface area contributed by atoms with E-state index in [4.69, 9.17) is 0 Å². The van der Waals surface area contributed by atoms with Gasteiger partial charge in [0.15, 0.2) is 0 Å². The predicted molar refractivity (Wildman–Crippen MR) is 98.6 cm³/mol. The number of aromatic nitrogens is 2. The van der Waals surface area contributed by atoms with Crippen LogP contribution in [-0.4, -0.2) is 39.4 Å². The van der Waals surface area contributed by atoms with Crippen molar-refractivity contribution in [3.05, 3.63) is 48.0 Å². The molecule has 1 aromatic carbocycles. The molecule has 2 aromatic rings. The Balaban J connectivity index is 1.71. The molecule has 6 nitrogen and oxygen atoms in total. The quantitative estimate of drug-likeness (QED) is 0.852. The van der Waals surface area contributed by atoms with Crippen LogP contribution in [0.5, 0.6) is 0 Å². The number of hydrogen-bond acceptors (Lipinski definition) is 3. The van der Waals surface area contributed by atoms with Gasteiger partial charge in [0.1, 0.15) is 11.9 Å². The Hall–Kier alpha value is -2.63. The van der Waals surface area contributed by atoms with Crippen LogP contribution >= 0.6 is 0 Å². The van der Waals surface area contributed by atoms with Gasteiger partial charge in [0.05, 0.1) is 5.92 Å². The second kappa shape index (κ2) is 6.59. The van der Waals surface area contributed by atoms with Gasteiger partial charge in [-0.05, 0) is 31.4 Å². The Bertz CT molecular complexity index is 844. The van der Waals surface area contributed by atoms with E-state index in [0.29, 0.717) is 25.9 Å². The Labute approximate surface area is 153 Å². The van der Waals surface area contributed by atoms with Gasteiger partial charge in [0.25, 0.3) is 0 Å². The highest BCUT2D eigenvalue weighted by molar-refractivity contribution is 5.98. The zero-order chi connectivity index (χ0) is 18.3. The molecular weight excluding hydrogens is 328 g/mol. The molecule has 0 unspecified atom stereocenters. The number of carbonyl (C=O) groups excluding carboxylic acids is 2. The van der Waals surface area contributed by atoms with E-state index in [1.165, 1.54) is 5.56 Å². The first-order chi connectivity index (χ1) is 12.6. The van der Waals surface area contributed by atoms with Crippen LogP contribution in [0.4, 0.5) is 5.69 Å². The Morgan fingerprint density at radius 2 is 2.08 bits per heavy atom. The maximum Gasteiger partial charge on any atom is 0.232 e. The molecule has 0 spiro atoms. The van der Waals surface area contributed by atoms with Crippen LogP contribution < -0.4 is 4.90 Å². The molecule has 26 heavy (non-hydrogen) atoms. The normalized spacial score (nSPS) is 22.6. The number of piperidine rings is 1. The van der Waals surface area contributed by atoms with Gasteiger partial charge in [-0.25, -0.2) is 4.98 Å². The highest BCUT2D eigenvalue weighted by Crippen LogP contribution is 2.39. The molecule has 2 aliphatic rings. The van der Waals surface area contributed by atoms with E-state index in [0.717, 1.165) is 17.9 Å². The van der Waals surface area contributed by atoms with Crippen molar-refractivity contribution in [1.82, 2.24) is 14.5 Å². The standard InChI is InChI=1S/C20H24N4O2/c1-3-23-17(25)9-8-15(18(23)19-21-11-13-22(19)2)20(26)24-12-10-14-6-4-5-7-16(14)24/h4-7,11,13,15,18H,3,8-10,12H2,1-2H3/t15-,18-/m0/s1. The van der Waals surface area contributed by atoms with Crippen LogP contribution in [-0.2, 0) is 23.1 Å². The Morgan fingerprint density at radius 3 is 2.81 bits per heavy atom. The van der Waals surface area contributed by atoms with E-state index in [9.17, 15) is 9.59 Å². The summed E-state index contributed by atoms with van der Waals surface area (Å²) < 4.78 is 1.92. The Morgan fingerprint density at radius 1 is 1.27 bits per heavy atom. The van der Waals surface area contributed by atoms with Crippen molar-refractivity contribution in [3.8, 4) is 0 Å². The highest BCUT2D eigenvalue weighted by atomic mass is 16.2. The maximum atomic E-state index is 13.5. The van der Waals surface area contributed by atoms with Gasteiger partial charge in [-0.15, -0.1) is 0 Å². The number of benzene rings is 1. The summed E-state index contributed by atoms with van der Waals surface area (Å²) in [5.74, 6) is 0.728. The van der Waals surface area contributed by atoms with Gasteiger partial charge in [0, 0.05) is 44.6 Å². The fraction of sp³-hybridized carbons (Fsp3) is 0.450. The fourth-order valence-corrected chi connectivity index (χ4v) is 4.33. The lowest BCUT2D eigenvalue weighted by molar-refractivity contribution is -0.142. The van der Waals surface area contributed by atoms with Gasteiger partial charge in [-0.2, -0.15) is 0 Å². The van der Waals surface area contributed by atoms with Gasteiger partial charge in [0.2, 0.25) is 11.8 Å². The SMILES string of the molecule is CCN1C(=O)CC[C@H](C(=O)N2CCc3ccccc32)[C@H]1c1nccn1C. The molecule has 1 aromatic heterocycles. The largest absolute Gasteiger partial charge is 0.336 e. The zero-order valence-corrected chi connectivity index (χ0v) is 15.3. The van der Waals surface area contributed by atoms with Gasteiger partial charge in [-0.3, -0.25) is 9.59 Å². The minimum atomic E-state index is -0.304. The summed E-state index contributed by atoms with van der Waals surface area (Å²) >= 11 is 0. The van der Waals surface area contributed by atoms with E-state index in [1.54, 1.807) is 6.20 Å². The number of aryl methyl sites for hydroxylation is 1. The predicted octanol–water partition coefficient (Wildman–Crippen LogP) is 2.31. The lowest BCUT2D eigenvalue weighted by atomic mass is 9.86. The molecule has 6 heteroatoms. The van der Waals surface area contributed by atoms with E-state index in [1.807, 2.05) is 52.7 Å². The van der Waals surface area contributed by atoms with Gasteiger partial charge < -0.3 is 14.4 Å². The van der Waals surface area contributed by atoms with Crippen LogP contribution in [0.1, 0.15) is 37.2 Å². The van der Waals surface area contributed by atoms with E-state index in [-0.39, 0.29) is 23.8 Å².